The van der Waals surface area contributed by atoms with Gasteiger partial charge in [-0.25, -0.2) is 0 Å². The molecule has 0 aliphatic carbocycles. The lowest BCUT2D eigenvalue weighted by Gasteiger charge is -2.34. The third-order valence-electron chi connectivity index (χ3n) is 5.74. The van der Waals surface area contributed by atoms with Crippen molar-refractivity contribution >= 4 is 17.5 Å². The first-order chi connectivity index (χ1) is 15.1. The number of primary amides is 1. The fourth-order valence-electron chi connectivity index (χ4n) is 3.79. The first-order valence-corrected chi connectivity index (χ1v) is 10.4. The van der Waals surface area contributed by atoms with Crippen LogP contribution in [0.3, 0.4) is 0 Å². The second-order valence-electron chi connectivity index (χ2n) is 7.93. The van der Waals surface area contributed by atoms with Crippen molar-refractivity contribution < 1.29 is 22.8 Å². The van der Waals surface area contributed by atoms with Gasteiger partial charge in [-0.15, -0.1) is 0 Å². The van der Waals surface area contributed by atoms with Crippen molar-refractivity contribution in [2.24, 2.45) is 5.73 Å². The zero-order valence-electron chi connectivity index (χ0n) is 18.1. The number of aryl methyl sites for hydroxylation is 1. The van der Waals surface area contributed by atoms with E-state index < -0.39 is 23.6 Å². The van der Waals surface area contributed by atoms with Gasteiger partial charge < -0.3 is 16.0 Å². The third-order valence-corrected chi connectivity index (χ3v) is 5.74. The summed E-state index contributed by atoms with van der Waals surface area (Å²) in [5, 5.41) is 2.49. The number of benzene rings is 2. The van der Waals surface area contributed by atoms with Crippen LogP contribution in [-0.4, -0.2) is 54.3 Å². The summed E-state index contributed by atoms with van der Waals surface area (Å²) < 4.78 is 41.3. The molecule has 0 aromatic heterocycles. The van der Waals surface area contributed by atoms with Crippen LogP contribution in [0.4, 0.5) is 18.9 Å². The van der Waals surface area contributed by atoms with Gasteiger partial charge >= 0.3 is 6.18 Å². The molecule has 1 heterocycles. The highest BCUT2D eigenvalue weighted by atomic mass is 19.4. The number of nitrogens with one attached hydrogen (secondary N) is 1. The molecule has 1 saturated heterocycles. The van der Waals surface area contributed by atoms with Gasteiger partial charge in [0.15, 0.2) is 0 Å². The van der Waals surface area contributed by atoms with Gasteiger partial charge in [-0.3, -0.25) is 14.5 Å². The van der Waals surface area contributed by atoms with Crippen molar-refractivity contribution in [3.8, 4) is 0 Å². The molecule has 6 nitrogen and oxygen atoms in total. The Bertz CT molecular complexity index is 999. The molecule has 0 bridgehead atoms. The van der Waals surface area contributed by atoms with Crippen LogP contribution < -0.4 is 11.1 Å². The van der Waals surface area contributed by atoms with Gasteiger partial charge in [0.1, 0.15) is 0 Å². The first-order valence-electron chi connectivity index (χ1n) is 10.4. The molecular weight excluding hydrogens is 421 g/mol. The van der Waals surface area contributed by atoms with Gasteiger partial charge in [0.25, 0.3) is 5.91 Å². The van der Waals surface area contributed by atoms with Crippen LogP contribution in [0.2, 0.25) is 0 Å². The maximum Gasteiger partial charge on any atom is 0.416 e. The quantitative estimate of drug-likeness (QED) is 0.709. The smallest absolute Gasteiger partial charge is 0.366 e. The van der Waals surface area contributed by atoms with Crippen molar-refractivity contribution in [1.29, 1.82) is 0 Å². The second-order valence-corrected chi connectivity index (χ2v) is 7.93. The van der Waals surface area contributed by atoms with Crippen molar-refractivity contribution in [3.63, 3.8) is 0 Å². The molecule has 2 aromatic carbocycles. The molecule has 1 fully saturated rings. The van der Waals surface area contributed by atoms with Crippen molar-refractivity contribution in [3.05, 3.63) is 64.2 Å². The zero-order chi connectivity index (χ0) is 23.5. The highest BCUT2D eigenvalue weighted by Gasteiger charge is 2.34. The molecule has 9 heteroatoms. The van der Waals surface area contributed by atoms with Crippen LogP contribution in [0.25, 0.3) is 0 Å². The number of nitrogens with two attached hydrogens (primary N) is 1. The average molecular weight is 448 g/mol. The molecule has 0 saturated carbocycles. The zero-order valence-corrected chi connectivity index (χ0v) is 18.1. The number of halogens is 3. The predicted octanol–water partition coefficient (Wildman–Crippen LogP) is 3.50. The SMILES string of the molecule is CCN1CCN(Cc2ccc(NC(=O)c3ccc(C)c(C(N)=O)c3)cc2C(F)(F)F)CC1. The molecule has 172 valence electrons. The lowest BCUT2D eigenvalue weighted by atomic mass is 10.0. The molecule has 2 amide bonds. The number of carbonyl (C=O) groups is 2. The minimum atomic E-state index is -4.55. The minimum Gasteiger partial charge on any atom is -0.366 e. The summed E-state index contributed by atoms with van der Waals surface area (Å²) in [5.41, 5.74) is 5.68. The summed E-state index contributed by atoms with van der Waals surface area (Å²) in [5.74, 6) is -1.30. The largest absolute Gasteiger partial charge is 0.416 e. The number of nitrogens with zero attached hydrogens (tertiary/aromatic N) is 2. The number of likely N-dealkylation sites (N-methyl/N-ethyl adjacent to an activating group) is 1. The Morgan fingerprint density at radius 3 is 2.28 bits per heavy atom. The number of carbonyl (C=O) groups excluding carboxylic acids is 2. The molecule has 32 heavy (non-hydrogen) atoms. The van der Waals surface area contributed by atoms with Gasteiger partial charge in [0, 0.05) is 49.5 Å². The molecule has 0 spiro atoms. The summed E-state index contributed by atoms with van der Waals surface area (Å²) >= 11 is 0. The summed E-state index contributed by atoms with van der Waals surface area (Å²) in [6, 6.07) is 8.23. The average Bonchev–Trinajstić information content (AvgIpc) is 2.74. The summed E-state index contributed by atoms with van der Waals surface area (Å²) in [4.78, 5) is 28.3. The van der Waals surface area contributed by atoms with Crippen LogP contribution in [0.5, 0.6) is 0 Å². The lowest BCUT2D eigenvalue weighted by molar-refractivity contribution is -0.138. The van der Waals surface area contributed by atoms with E-state index in [0.717, 1.165) is 25.7 Å². The number of alkyl halides is 3. The van der Waals surface area contributed by atoms with E-state index in [0.29, 0.717) is 18.7 Å². The van der Waals surface area contributed by atoms with E-state index >= 15 is 0 Å². The number of hydrogen-bond acceptors (Lipinski definition) is 4. The van der Waals surface area contributed by atoms with Gasteiger partial charge in [-0.05, 0) is 48.9 Å². The van der Waals surface area contributed by atoms with Crippen LogP contribution >= 0.6 is 0 Å². The van der Waals surface area contributed by atoms with E-state index in [1.165, 1.54) is 24.3 Å². The maximum absolute atomic E-state index is 13.8. The molecule has 0 radical (unpaired) electrons. The van der Waals surface area contributed by atoms with Crippen molar-refractivity contribution in [1.82, 2.24) is 9.80 Å². The molecule has 1 aliphatic heterocycles. The van der Waals surface area contributed by atoms with Crippen molar-refractivity contribution in [2.45, 2.75) is 26.6 Å². The summed E-state index contributed by atoms with van der Waals surface area (Å²) in [6.07, 6.45) is -4.55. The maximum atomic E-state index is 13.8. The number of hydrogen-bond donors (Lipinski definition) is 2. The fourth-order valence-corrected chi connectivity index (χ4v) is 3.79. The molecule has 0 unspecified atom stereocenters. The first kappa shape index (κ1) is 23.7. The number of piperazine rings is 1. The van der Waals surface area contributed by atoms with E-state index in [9.17, 15) is 22.8 Å². The van der Waals surface area contributed by atoms with E-state index in [4.69, 9.17) is 5.73 Å². The van der Waals surface area contributed by atoms with Gasteiger partial charge in [-0.1, -0.05) is 19.1 Å². The van der Waals surface area contributed by atoms with Gasteiger partial charge in [0.05, 0.1) is 5.56 Å². The Labute approximate surface area is 185 Å². The Kier molecular flexibility index (Phi) is 7.20. The Hall–Kier alpha value is -2.91. The van der Waals surface area contributed by atoms with Crippen LogP contribution in [-0.2, 0) is 12.7 Å². The third kappa shape index (κ3) is 5.66. The van der Waals surface area contributed by atoms with Crippen LogP contribution in [0, 0.1) is 6.92 Å². The molecule has 3 N–H and O–H groups in total. The van der Waals surface area contributed by atoms with E-state index in [1.807, 2.05) is 4.90 Å². The van der Waals surface area contributed by atoms with Crippen LogP contribution in [0.1, 0.15) is 44.3 Å². The van der Waals surface area contributed by atoms with Crippen molar-refractivity contribution in [2.75, 3.05) is 38.0 Å². The number of anilines is 1. The van der Waals surface area contributed by atoms with E-state index in [-0.39, 0.29) is 28.9 Å². The van der Waals surface area contributed by atoms with E-state index in [1.54, 1.807) is 13.0 Å². The highest BCUT2D eigenvalue weighted by Crippen LogP contribution is 2.34. The normalized spacial score (nSPS) is 15.5. The van der Waals surface area contributed by atoms with Crippen LogP contribution in [0.15, 0.2) is 36.4 Å². The number of rotatable bonds is 6. The molecule has 3 rings (SSSR count). The second kappa shape index (κ2) is 9.70. The molecule has 1 aliphatic rings. The predicted molar refractivity (Wildman–Crippen MR) is 116 cm³/mol. The van der Waals surface area contributed by atoms with E-state index in [2.05, 4.69) is 17.1 Å². The molecule has 0 atom stereocenters. The summed E-state index contributed by atoms with van der Waals surface area (Å²) in [6.45, 7) is 7.94. The molecule has 2 aromatic rings. The lowest BCUT2D eigenvalue weighted by Crippen LogP contribution is -2.45. The summed E-state index contributed by atoms with van der Waals surface area (Å²) in [7, 11) is 0. The monoisotopic (exact) mass is 448 g/mol. The highest BCUT2D eigenvalue weighted by molar-refractivity contribution is 6.06. The Morgan fingerprint density at radius 1 is 1.03 bits per heavy atom. The Balaban J connectivity index is 1.79. The Morgan fingerprint density at radius 2 is 1.69 bits per heavy atom. The number of amides is 2. The van der Waals surface area contributed by atoms with Gasteiger partial charge in [0.2, 0.25) is 5.91 Å². The minimum absolute atomic E-state index is 0.0306. The van der Waals surface area contributed by atoms with Gasteiger partial charge in [-0.2, -0.15) is 13.2 Å². The molecular formula is C23H27F3N4O2. The standard InChI is InChI=1S/C23H27F3N4O2/c1-3-29-8-10-30(11-9-29)14-17-6-7-18(13-20(17)23(24,25)26)28-22(32)16-5-4-15(2)19(12-16)21(27)31/h4-7,12-13H,3,8-11,14H2,1-2H3,(H2,27,31)(H,28,32). The fraction of sp³-hybridized carbons (Fsp3) is 0.391. The topological polar surface area (TPSA) is 78.7 Å².